The number of thiophene rings is 1. The fraction of sp³-hybridized carbons (Fsp3) is 0.222. The molecule has 0 aliphatic heterocycles. The molecule has 2 aromatic heterocycles. The second-order valence-corrected chi connectivity index (χ2v) is 3.70. The Balaban J connectivity index is 2.60. The van der Waals surface area contributed by atoms with Crippen LogP contribution in [0.15, 0.2) is 23.7 Å². The van der Waals surface area contributed by atoms with Gasteiger partial charge in [-0.25, -0.2) is 0 Å². The quantitative estimate of drug-likeness (QED) is 0.729. The van der Waals surface area contributed by atoms with Crippen LogP contribution < -0.4 is 0 Å². The van der Waals surface area contributed by atoms with E-state index in [1.54, 1.807) is 24.5 Å². The molecule has 1 atom stereocenters. The minimum Gasteiger partial charge on any atom is -0.389 e. The van der Waals surface area contributed by atoms with Gasteiger partial charge in [0.15, 0.2) is 0 Å². The van der Waals surface area contributed by atoms with Crippen LogP contribution in [-0.4, -0.2) is 10.1 Å². The highest BCUT2D eigenvalue weighted by Gasteiger charge is 2.02. The van der Waals surface area contributed by atoms with Crippen molar-refractivity contribution in [3.05, 3.63) is 29.3 Å². The summed E-state index contributed by atoms with van der Waals surface area (Å²) in [7, 11) is 0. The third kappa shape index (κ3) is 1.21. The van der Waals surface area contributed by atoms with E-state index in [-0.39, 0.29) is 0 Å². The van der Waals surface area contributed by atoms with Gasteiger partial charge in [0.1, 0.15) is 0 Å². The van der Waals surface area contributed by atoms with Gasteiger partial charge in [-0.2, -0.15) is 0 Å². The summed E-state index contributed by atoms with van der Waals surface area (Å²) in [4.78, 5) is 4.21. The van der Waals surface area contributed by atoms with Crippen LogP contribution in [0.2, 0.25) is 0 Å². The van der Waals surface area contributed by atoms with Crippen LogP contribution in [0.3, 0.4) is 0 Å². The summed E-state index contributed by atoms with van der Waals surface area (Å²) in [5, 5.41) is 11.3. The molecule has 0 radical (unpaired) electrons. The van der Waals surface area contributed by atoms with Gasteiger partial charge in [0.05, 0.1) is 16.3 Å². The van der Waals surface area contributed by atoms with Crippen LogP contribution in [0, 0.1) is 0 Å². The first-order valence-corrected chi connectivity index (χ1v) is 4.66. The van der Waals surface area contributed by atoms with Crippen molar-refractivity contribution in [3.63, 3.8) is 0 Å². The molecule has 0 saturated carbocycles. The number of hydrogen-bond donors (Lipinski definition) is 1. The molecule has 62 valence electrons. The van der Waals surface area contributed by atoms with Gasteiger partial charge in [-0.15, -0.1) is 11.3 Å². The number of rotatable bonds is 1. The average Bonchev–Trinajstić information content (AvgIpc) is 2.49. The van der Waals surface area contributed by atoms with Crippen LogP contribution in [0.1, 0.15) is 18.6 Å². The molecule has 2 nitrogen and oxygen atoms in total. The molecule has 0 aliphatic carbocycles. The number of aliphatic hydroxyl groups is 1. The first kappa shape index (κ1) is 7.71. The lowest BCUT2D eigenvalue weighted by Crippen LogP contribution is -1.90. The molecule has 1 N–H and O–H groups in total. The molecule has 0 bridgehead atoms. The zero-order valence-electron chi connectivity index (χ0n) is 6.69. The SMILES string of the molecule is C[C@H](O)c1cnc2ccsc2c1. The van der Waals surface area contributed by atoms with E-state index in [1.807, 2.05) is 17.5 Å². The zero-order valence-corrected chi connectivity index (χ0v) is 7.51. The van der Waals surface area contributed by atoms with Crippen molar-refractivity contribution in [3.8, 4) is 0 Å². The Morgan fingerprint density at radius 3 is 3.17 bits per heavy atom. The number of pyridine rings is 1. The average molecular weight is 179 g/mol. The Morgan fingerprint density at radius 1 is 1.58 bits per heavy atom. The van der Waals surface area contributed by atoms with Crippen molar-refractivity contribution >= 4 is 21.6 Å². The van der Waals surface area contributed by atoms with Crippen LogP contribution in [0.5, 0.6) is 0 Å². The van der Waals surface area contributed by atoms with E-state index in [9.17, 15) is 5.11 Å². The Morgan fingerprint density at radius 2 is 2.42 bits per heavy atom. The lowest BCUT2D eigenvalue weighted by atomic mass is 10.2. The summed E-state index contributed by atoms with van der Waals surface area (Å²) in [5.74, 6) is 0. The van der Waals surface area contributed by atoms with Gasteiger partial charge in [-0.05, 0) is 30.0 Å². The maximum absolute atomic E-state index is 9.29. The third-order valence-corrected chi connectivity index (χ3v) is 2.66. The highest BCUT2D eigenvalue weighted by molar-refractivity contribution is 7.17. The highest BCUT2D eigenvalue weighted by Crippen LogP contribution is 2.22. The van der Waals surface area contributed by atoms with Crippen molar-refractivity contribution in [1.29, 1.82) is 0 Å². The van der Waals surface area contributed by atoms with Crippen molar-refractivity contribution in [2.75, 3.05) is 0 Å². The van der Waals surface area contributed by atoms with E-state index in [4.69, 9.17) is 0 Å². The third-order valence-electron chi connectivity index (χ3n) is 1.81. The van der Waals surface area contributed by atoms with Crippen LogP contribution >= 0.6 is 11.3 Å². The number of fused-ring (bicyclic) bond motifs is 1. The topological polar surface area (TPSA) is 33.1 Å². The highest BCUT2D eigenvalue weighted by atomic mass is 32.1. The summed E-state index contributed by atoms with van der Waals surface area (Å²) >= 11 is 1.65. The second kappa shape index (κ2) is 2.84. The van der Waals surface area contributed by atoms with Gasteiger partial charge in [-0.1, -0.05) is 0 Å². The van der Waals surface area contributed by atoms with Crippen molar-refractivity contribution in [2.45, 2.75) is 13.0 Å². The molecule has 2 aromatic rings. The molecule has 0 amide bonds. The van der Waals surface area contributed by atoms with E-state index in [0.29, 0.717) is 0 Å². The summed E-state index contributed by atoms with van der Waals surface area (Å²) in [6, 6.07) is 3.96. The molecule has 0 spiro atoms. The predicted molar refractivity (Wildman–Crippen MR) is 50.3 cm³/mol. The summed E-state index contributed by atoms with van der Waals surface area (Å²) in [6.45, 7) is 1.75. The van der Waals surface area contributed by atoms with Gasteiger partial charge >= 0.3 is 0 Å². The van der Waals surface area contributed by atoms with Gasteiger partial charge in [-0.3, -0.25) is 4.98 Å². The Labute approximate surface area is 74.5 Å². The largest absolute Gasteiger partial charge is 0.389 e. The first-order valence-electron chi connectivity index (χ1n) is 3.78. The summed E-state index contributed by atoms with van der Waals surface area (Å²) in [6.07, 6.45) is 1.30. The molecule has 12 heavy (non-hydrogen) atoms. The lowest BCUT2D eigenvalue weighted by molar-refractivity contribution is 0.199. The van der Waals surface area contributed by atoms with E-state index < -0.39 is 6.10 Å². The molecule has 0 unspecified atom stereocenters. The fourth-order valence-corrected chi connectivity index (χ4v) is 1.88. The number of hydrogen-bond acceptors (Lipinski definition) is 3. The Hall–Kier alpha value is -0.930. The maximum atomic E-state index is 9.29. The van der Waals surface area contributed by atoms with Gasteiger partial charge in [0, 0.05) is 6.20 Å². The summed E-state index contributed by atoms with van der Waals surface area (Å²) < 4.78 is 1.13. The van der Waals surface area contributed by atoms with E-state index in [2.05, 4.69) is 4.98 Å². The number of nitrogens with zero attached hydrogens (tertiary/aromatic N) is 1. The molecular formula is C9H9NOS. The van der Waals surface area contributed by atoms with Crippen molar-refractivity contribution < 1.29 is 5.11 Å². The monoisotopic (exact) mass is 179 g/mol. The zero-order chi connectivity index (χ0) is 8.55. The lowest BCUT2D eigenvalue weighted by Gasteiger charge is -2.02. The van der Waals surface area contributed by atoms with Gasteiger partial charge in [0.2, 0.25) is 0 Å². The van der Waals surface area contributed by atoms with Crippen molar-refractivity contribution in [1.82, 2.24) is 4.98 Å². The molecule has 0 fully saturated rings. The molecule has 0 aliphatic rings. The fourth-order valence-electron chi connectivity index (χ4n) is 1.09. The maximum Gasteiger partial charge on any atom is 0.0809 e. The molecule has 0 aromatic carbocycles. The van der Waals surface area contributed by atoms with Gasteiger partial charge in [0.25, 0.3) is 0 Å². The molecule has 2 heterocycles. The normalized spacial score (nSPS) is 13.5. The molecule has 0 saturated heterocycles. The van der Waals surface area contributed by atoms with E-state index in [0.717, 1.165) is 15.8 Å². The second-order valence-electron chi connectivity index (χ2n) is 2.75. The predicted octanol–water partition coefficient (Wildman–Crippen LogP) is 2.35. The standard InChI is InChI=1S/C9H9NOS/c1-6(11)7-4-9-8(10-5-7)2-3-12-9/h2-6,11H,1H3/t6-/m0/s1. The van der Waals surface area contributed by atoms with Crippen LogP contribution in [0.4, 0.5) is 0 Å². The van der Waals surface area contributed by atoms with Crippen molar-refractivity contribution in [2.24, 2.45) is 0 Å². The molecular weight excluding hydrogens is 170 g/mol. The van der Waals surface area contributed by atoms with E-state index >= 15 is 0 Å². The Bertz CT molecular complexity index is 394. The van der Waals surface area contributed by atoms with Gasteiger partial charge < -0.3 is 5.11 Å². The minimum atomic E-state index is -0.427. The van der Waals surface area contributed by atoms with E-state index in [1.165, 1.54) is 0 Å². The molecule has 2 rings (SSSR count). The summed E-state index contributed by atoms with van der Waals surface area (Å²) in [5.41, 5.74) is 1.88. The molecule has 3 heteroatoms. The smallest absolute Gasteiger partial charge is 0.0809 e. The van der Waals surface area contributed by atoms with Crippen LogP contribution in [-0.2, 0) is 0 Å². The number of aromatic nitrogens is 1. The van der Waals surface area contributed by atoms with Crippen LogP contribution in [0.25, 0.3) is 10.2 Å². The first-order chi connectivity index (χ1) is 5.77. The number of aliphatic hydroxyl groups excluding tert-OH is 1. The Kier molecular flexibility index (Phi) is 1.83. The minimum absolute atomic E-state index is 0.427.